The van der Waals surface area contributed by atoms with Gasteiger partial charge in [0.1, 0.15) is 5.82 Å². The fourth-order valence-electron chi connectivity index (χ4n) is 1.92. The molecule has 8 nitrogen and oxygen atoms in total. The molecule has 9 heteroatoms. The van der Waals surface area contributed by atoms with Crippen molar-refractivity contribution in [3.8, 4) is 0 Å². The molecule has 2 aromatic heterocycles. The summed E-state index contributed by atoms with van der Waals surface area (Å²) in [6.07, 6.45) is 0.763. The summed E-state index contributed by atoms with van der Waals surface area (Å²) in [5.74, 6) is 2.58. The van der Waals surface area contributed by atoms with Gasteiger partial charge >= 0.3 is 0 Å². The average Bonchev–Trinajstić information content (AvgIpc) is 3.00. The van der Waals surface area contributed by atoms with Crippen LogP contribution in [0.15, 0.2) is 9.68 Å². The average molecular weight is 324 g/mol. The number of nitrogens with two attached hydrogens (primary N) is 1. The Morgan fingerprint density at radius 2 is 2.18 bits per heavy atom. The van der Waals surface area contributed by atoms with E-state index in [-0.39, 0.29) is 12.3 Å². The van der Waals surface area contributed by atoms with Crippen LogP contribution >= 0.6 is 11.8 Å². The Morgan fingerprint density at radius 1 is 1.41 bits per heavy atom. The first kappa shape index (κ1) is 16.5. The molecule has 0 saturated carbocycles. The first-order valence-electron chi connectivity index (χ1n) is 7.08. The topological polar surface area (TPSA) is 113 Å². The number of rotatable bonds is 8. The maximum Gasteiger partial charge on any atom is 0.237 e. The molecule has 22 heavy (non-hydrogen) atoms. The Hall–Kier alpha value is -1.90. The van der Waals surface area contributed by atoms with E-state index in [2.05, 4.69) is 34.2 Å². The maximum absolute atomic E-state index is 11.0. The third-order valence-corrected chi connectivity index (χ3v) is 3.78. The molecule has 0 spiro atoms. The predicted octanol–water partition coefficient (Wildman–Crippen LogP) is 1.34. The SMILES string of the molecule is Cc1noc(CSc2nnc(CCC(N)=O)n2CC(C)C)n1. The lowest BCUT2D eigenvalue weighted by atomic mass is 10.2. The van der Waals surface area contributed by atoms with Crippen LogP contribution in [0.1, 0.15) is 37.8 Å². The molecule has 0 aliphatic heterocycles. The molecule has 0 saturated heterocycles. The van der Waals surface area contributed by atoms with E-state index < -0.39 is 0 Å². The van der Waals surface area contributed by atoms with Crippen molar-refractivity contribution < 1.29 is 9.32 Å². The summed E-state index contributed by atoms with van der Waals surface area (Å²) in [7, 11) is 0. The standard InChI is InChI=1S/C13H20N6O2S/c1-8(2)6-19-11(5-4-10(14)20)16-17-13(19)22-7-12-15-9(3)18-21-12/h8H,4-7H2,1-3H3,(H2,14,20). The molecule has 2 heterocycles. The summed E-state index contributed by atoms with van der Waals surface area (Å²) in [5, 5.41) is 12.9. The van der Waals surface area contributed by atoms with Gasteiger partial charge in [0.2, 0.25) is 11.8 Å². The molecule has 0 aliphatic carbocycles. The predicted molar refractivity (Wildman–Crippen MR) is 81.0 cm³/mol. The van der Waals surface area contributed by atoms with Crippen LogP contribution in [0.4, 0.5) is 0 Å². The fraction of sp³-hybridized carbons (Fsp3) is 0.615. The highest BCUT2D eigenvalue weighted by molar-refractivity contribution is 7.98. The van der Waals surface area contributed by atoms with Gasteiger partial charge in [-0.25, -0.2) is 0 Å². The lowest BCUT2D eigenvalue weighted by Crippen LogP contribution is -2.15. The van der Waals surface area contributed by atoms with Gasteiger partial charge < -0.3 is 14.8 Å². The van der Waals surface area contributed by atoms with Crippen LogP contribution in [-0.2, 0) is 23.5 Å². The number of primary amides is 1. The van der Waals surface area contributed by atoms with E-state index in [0.29, 0.717) is 29.8 Å². The molecule has 0 fully saturated rings. The Balaban J connectivity index is 2.09. The van der Waals surface area contributed by atoms with Gasteiger partial charge in [-0.3, -0.25) is 4.79 Å². The van der Waals surface area contributed by atoms with Crippen molar-refractivity contribution in [3.05, 3.63) is 17.5 Å². The van der Waals surface area contributed by atoms with E-state index in [1.807, 2.05) is 4.57 Å². The van der Waals surface area contributed by atoms with E-state index in [0.717, 1.165) is 17.5 Å². The van der Waals surface area contributed by atoms with Gasteiger partial charge in [-0.05, 0) is 12.8 Å². The molecule has 0 bridgehead atoms. The third-order valence-electron chi connectivity index (χ3n) is 2.83. The number of aromatic nitrogens is 5. The molecule has 2 rings (SSSR count). The molecular weight excluding hydrogens is 304 g/mol. The Kier molecular flexibility index (Phi) is 5.53. The summed E-state index contributed by atoms with van der Waals surface area (Å²) in [4.78, 5) is 15.1. The van der Waals surface area contributed by atoms with Gasteiger partial charge in [0.15, 0.2) is 11.0 Å². The van der Waals surface area contributed by atoms with Gasteiger partial charge in [0.05, 0.1) is 5.75 Å². The minimum atomic E-state index is -0.338. The lowest BCUT2D eigenvalue weighted by molar-refractivity contribution is -0.118. The first-order chi connectivity index (χ1) is 10.5. The monoisotopic (exact) mass is 324 g/mol. The number of nitrogens with zero attached hydrogens (tertiary/aromatic N) is 5. The summed E-state index contributed by atoms with van der Waals surface area (Å²) in [5.41, 5.74) is 5.21. The smallest absolute Gasteiger partial charge is 0.237 e. The number of amides is 1. The van der Waals surface area contributed by atoms with Gasteiger partial charge in [0, 0.05) is 19.4 Å². The summed E-state index contributed by atoms with van der Waals surface area (Å²) in [6, 6.07) is 0. The van der Waals surface area contributed by atoms with E-state index in [1.165, 1.54) is 11.8 Å². The Morgan fingerprint density at radius 3 is 2.77 bits per heavy atom. The first-order valence-corrected chi connectivity index (χ1v) is 8.06. The molecule has 0 aromatic carbocycles. The zero-order valence-corrected chi connectivity index (χ0v) is 13.8. The van der Waals surface area contributed by atoms with Crippen molar-refractivity contribution in [1.82, 2.24) is 24.9 Å². The highest BCUT2D eigenvalue weighted by Crippen LogP contribution is 2.22. The van der Waals surface area contributed by atoms with E-state index in [9.17, 15) is 4.79 Å². The zero-order chi connectivity index (χ0) is 16.1. The second kappa shape index (κ2) is 7.39. The van der Waals surface area contributed by atoms with Crippen LogP contribution < -0.4 is 5.73 Å². The van der Waals surface area contributed by atoms with Crippen molar-refractivity contribution >= 4 is 17.7 Å². The second-order valence-electron chi connectivity index (χ2n) is 5.39. The number of hydrogen-bond acceptors (Lipinski definition) is 7. The van der Waals surface area contributed by atoms with Crippen molar-refractivity contribution in [2.75, 3.05) is 0 Å². The van der Waals surface area contributed by atoms with E-state index in [4.69, 9.17) is 10.3 Å². The highest BCUT2D eigenvalue weighted by Gasteiger charge is 2.15. The van der Waals surface area contributed by atoms with Crippen LogP contribution in [0, 0.1) is 12.8 Å². The zero-order valence-electron chi connectivity index (χ0n) is 12.9. The van der Waals surface area contributed by atoms with Crippen LogP contribution in [0.2, 0.25) is 0 Å². The molecule has 2 aromatic rings. The summed E-state index contributed by atoms with van der Waals surface area (Å²) < 4.78 is 7.12. The highest BCUT2D eigenvalue weighted by atomic mass is 32.2. The van der Waals surface area contributed by atoms with Crippen molar-refractivity contribution in [2.45, 2.75) is 51.1 Å². The minimum Gasteiger partial charge on any atom is -0.370 e. The number of hydrogen-bond donors (Lipinski definition) is 1. The lowest BCUT2D eigenvalue weighted by Gasteiger charge is -2.11. The molecule has 0 unspecified atom stereocenters. The summed E-state index contributed by atoms with van der Waals surface area (Å²) in [6.45, 7) is 6.80. The number of aryl methyl sites for hydroxylation is 2. The quantitative estimate of drug-likeness (QED) is 0.729. The van der Waals surface area contributed by atoms with Gasteiger partial charge in [-0.2, -0.15) is 4.98 Å². The number of carbonyl (C=O) groups is 1. The molecule has 1 amide bonds. The molecule has 0 radical (unpaired) electrons. The second-order valence-corrected chi connectivity index (χ2v) is 6.34. The van der Waals surface area contributed by atoms with Crippen LogP contribution in [0.25, 0.3) is 0 Å². The normalized spacial score (nSPS) is 11.3. The molecule has 120 valence electrons. The van der Waals surface area contributed by atoms with Crippen LogP contribution in [-0.4, -0.2) is 30.8 Å². The number of carbonyl (C=O) groups excluding carboxylic acids is 1. The third kappa shape index (κ3) is 4.55. The van der Waals surface area contributed by atoms with Crippen LogP contribution in [0.5, 0.6) is 0 Å². The molecular formula is C13H20N6O2S. The van der Waals surface area contributed by atoms with Crippen molar-refractivity contribution in [3.63, 3.8) is 0 Å². The van der Waals surface area contributed by atoms with Crippen molar-refractivity contribution in [1.29, 1.82) is 0 Å². The largest absolute Gasteiger partial charge is 0.370 e. The van der Waals surface area contributed by atoms with Gasteiger partial charge in [-0.15, -0.1) is 10.2 Å². The van der Waals surface area contributed by atoms with E-state index >= 15 is 0 Å². The number of thioether (sulfide) groups is 1. The minimum absolute atomic E-state index is 0.268. The molecule has 2 N–H and O–H groups in total. The van der Waals surface area contributed by atoms with Crippen LogP contribution in [0.3, 0.4) is 0 Å². The van der Waals surface area contributed by atoms with Gasteiger partial charge in [0.25, 0.3) is 0 Å². The fourth-order valence-corrected chi connectivity index (χ4v) is 2.72. The maximum atomic E-state index is 11.0. The van der Waals surface area contributed by atoms with E-state index in [1.54, 1.807) is 6.92 Å². The molecule has 0 atom stereocenters. The molecule has 0 aliphatic rings. The van der Waals surface area contributed by atoms with Gasteiger partial charge in [-0.1, -0.05) is 30.8 Å². The summed E-state index contributed by atoms with van der Waals surface area (Å²) >= 11 is 1.49. The Bertz CT molecular complexity index is 636. The Labute approximate surface area is 132 Å². The van der Waals surface area contributed by atoms with Crippen molar-refractivity contribution in [2.24, 2.45) is 11.7 Å².